The molecule has 1 aromatic heterocycles. The van der Waals surface area contributed by atoms with E-state index in [1.807, 2.05) is 24.3 Å². The first-order valence-corrected chi connectivity index (χ1v) is 6.75. The van der Waals surface area contributed by atoms with Crippen LogP contribution in [-0.2, 0) is 16.6 Å². The van der Waals surface area contributed by atoms with Crippen molar-refractivity contribution in [2.45, 2.75) is 18.9 Å². The number of anilines is 1. The van der Waals surface area contributed by atoms with Gasteiger partial charge in [-0.2, -0.15) is 0 Å². The number of pyridine rings is 1. The number of rotatable bonds is 2. The van der Waals surface area contributed by atoms with E-state index in [1.165, 1.54) is 6.07 Å². The summed E-state index contributed by atoms with van der Waals surface area (Å²) in [5.74, 6) is -0.608. The number of para-hydroxylation sites is 1. The lowest BCUT2D eigenvalue weighted by molar-refractivity contribution is -0.133. The molecule has 1 saturated heterocycles. The van der Waals surface area contributed by atoms with Gasteiger partial charge in [0.25, 0.3) is 5.56 Å². The van der Waals surface area contributed by atoms with Crippen LogP contribution in [0.15, 0.2) is 35.1 Å². The molecule has 1 atom stereocenters. The quantitative estimate of drug-likeness (QED) is 0.798. The molecule has 1 aromatic carbocycles. The van der Waals surface area contributed by atoms with Crippen molar-refractivity contribution in [1.29, 1.82) is 0 Å². The number of carbonyl (C=O) groups excluding carboxylic acids is 2. The van der Waals surface area contributed by atoms with Gasteiger partial charge < -0.3 is 9.88 Å². The number of carbonyl (C=O) groups is 2. The summed E-state index contributed by atoms with van der Waals surface area (Å²) in [5, 5.41) is 6.25. The summed E-state index contributed by atoms with van der Waals surface area (Å²) in [7, 11) is 1.71. The minimum atomic E-state index is -0.502. The Bertz CT molecular complexity index is 794. The highest BCUT2D eigenvalue weighted by molar-refractivity contribution is 6.02. The minimum Gasteiger partial charge on any atom is -0.373 e. The number of benzene rings is 1. The first-order chi connectivity index (χ1) is 10.1. The Morgan fingerprint density at radius 3 is 2.76 bits per heavy atom. The van der Waals surface area contributed by atoms with Crippen molar-refractivity contribution in [3.8, 4) is 0 Å². The van der Waals surface area contributed by atoms with Crippen LogP contribution < -0.4 is 16.2 Å². The predicted octanol–water partition coefficient (Wildman–Crippen LogP) is 0.756. The number of piperidine rings is 1. The lowest BCUT2D eigenvalue weighted by Crippen LogP contribution is -2.47. The highest BCUT2D eigenvalue weighted by Gasteiger charge is 2.26. The van der Waals surface area contributed by atoms with E-state index in [4.69, 9.17) is 0 Å². The van der Waals surface area contributed by atoms with Crippen LogP contribution in [-0.4, -0.2) is 22.4 Å². The van der Waals surface area contributed by atoms with E-state index >= 15 is 0 Å². The van der Waals surface area contributed by atoms with Crippen LogP contribution in [0, 0.1) is 0 Å². The third-order valence-electron chi connectivity index (χ3n) is 3.72. The first kappa shape index (κ1) is 13.4. The number of aryl methyl sites for hydroxylation is 1. The maximum Gasteiger partial charge on any atom is 0.252 e. The second-order valence-corrected chi connectivity index (χ2v) is 5.12. The van der Waals surface area contributed by atoms with Crippen molar-refractivity contribution < 1.29 is 9.59 Å². The van der Waals surface area contributed by atoms with Gasteiger partial charge in [0.2, 0.25) is 11.8 Å². The fourth-order valence-electron chi connectivity index (χ4n) is 2.55. The van der Waals surface area contributed by atoms with Gasteiger partial charge in [0.05, 0.1) is 5.52 Å². The van der Waals surface area contributed by atoms with Crippen LogP contribution in [0.2, 0.25) is 0 Å². The Balaban J connectivity index is 2.01. The Morgan fingerprint density at radius 2 is 2.00 bits per heavy atom. The van der Waals surface area contributed by atoms with Crippen molar-refractivity contribution in [3.63, 3.8) is 0 Å². The lowest BCUT2D eigenvalue weighted by atomic mass is 10.0. The van der Waals surface area contributed by atoms with E-state index < -0.39 is 6.04 Å². The minimum absolute atomic E-state index is 0.150. The van der Waals surface area contributed by atoms with Gasteiger partial charge >= 0.3 is 0 Å². The monoisotopic (exact) mass is 285 g/mol. The molecule has 1 aliphatic rings. The number of amides is 2. The number of nitrogens with one attached hydrogen (secondary N) is 2. The van der Waals surface area contributed by atoms with Crippen LogP contribution in [0.3, 0.4) is 0 Å². The zero-order valence-corrected chi connectivity index (χ0v) is 11.6. The molecule has 0 spiro atoms. The van der Waals surface area contributed by atoms with E-state index in [9.17, 15) is 14.4 Å². The summed E-state index contributed by atoms with van der Waals surface area (Å²) in [6, 6.07) is 8.46. The summed E-state index contributed by atoms with van der Waals surface area (Å²) in [6.45, 7) is 0. The van der Waals surface area contributed by atoms with Gasteiger partial charge in [-0.1, -0.05) is 18.2 Å². The Labute approximate surface area is 120 Å². The summed E-state index contributed by atoms with van der Waals surface area (Å²) in [4.78, 5) is 35.0. The van der Waals surface area contributed by atoms with Gasteiger partial charge in [0, 0.05) is 30.6 Å². The normalized spacial score (nSPS) is 18.6. The molecule has 2 heterocycles. The van der Waals surface area contributed by atoms with Gasteiger partial charge in [0.1, 0.15) is 6.04 Å². The highest BCUT2D eigenvalue weighted by Crippen LogP contribution is 2.22. The molecule has 2 N–H and O–H groups in total. The molecule has 21 heavy (non-hydrogen) atoms. The molecule has 0 saturated carbocycles. The number of aromatic nitrogens is 1. The average Bonchev–Trinajstić information content (AvgIpc) is 2.47. The second-order valence-electron chi connectivity index (χ2n) is 5.12. The topological polar surface area (TPSA) is 80.2 Å². The number of nitrogens with zero attached hydrogens (tertiary/aromatic N) is 1. The van der Waals surface area contributed by atoms with Crippen molar-refractivity contribution in [2.24, 2.45) is 7.05 Å². The Kier molecular flexibility index (Phi) is 3.21. The maximum absolute atomic E-state index is 12.0. The molecule has 0 bridgehead atoms. The molecule has 108 valence electrons. The Hall–Kier alpha value is -2.63. The summed E-state index contributed by atoms with van der Waals surface area (Å²) >= 11 is 0. The predicted molar refractivity (Wildman–Crippen MR) is 79.0 cm³/mol. The molecular formula is C15H15N3O3. The van der Waals surface area contributed by atoms with Crippen molar-refractivity contribution in [3.05, 3.63) is 40.7 Å². The van der Waals surface area contributed by atoms with E-state index in [-0.39, 0.29) is 17.4 Å². The summed E-state index contributed by atoms with van der Waals surface area (Å²) in [6.07, 6.45) is 0.723. The summed E-state index contributed by atoms with van der Waals surface area (Å²) in [5.41, 5.74) is 1.26. The molecule has 2 aromatic rings. The van der Waals surface area contributed by atoms with Gasteiger partial charge in [-0.05, 0) is 12.5 Å². The smallest absolute Gasteiger partial charge is 0.252 e. The lowest BCUT2D eigenvalue weighted by Gasteiger charge is -2.23. The fraction of sp³-hybridized carbons (Fsp3) is 0.267. The van der Waals surface area contributed by atoms with E-state index in [0.29, 0.717) is 18.5 Å². The fourth-order valence-corrected chi connectivity index (χ4v) is 2.55. The molecule has 1 fully saturated rings. The van der Waals surface area contributed by atoms with E-state index in [0.717, 1.165) is 10.9 Å². The zero-order valence-electron chi connectivity index (χ0n) is 11.6. The molecule has 1 aliphatic heterocycles. The largest absolute Gasteiger partial charge is 0.373 e. The van der Waals surface area contributed by atoms with Crippen LogP contribution in [0.5, 0.6) is 0 Å². The van der Waals surface area contributed by atoms with E-state index in [2.05, 4.69) is 10.6 Å². The van der Waals surface area contributed by atoms with Gasteiger partial charge in [0.15, 0.2) is 0 Å². The van der Waals surface area contributed by atoms with Crippen LogP contribution in [0.4, 0.5) is 5.69 Å². The number of hydrogen-bond donors (Lipinski definition) is 2. The molecule has 6 heteroatoms. The maximum atomic E-state index is 12.0. The zero-order chi connectivity index (χ0) is 15.0. The van der Waals surface area contributed by atoms with Gasteiger partial charge in [-0.15, -0.1) is 0 Å². The number of hydrogen-bond acceptors (Lipinski definition) is 4. The summed E-state index contributed by atoms with van der Waals surface area (Å²) < 4.78 is 1.56. The third-order valence-corrected chi connectivity index (χ3v) is 3.72. The van der Waals surface area contributed by atoms with Crippen LogP contribution >= 0.6 is 0 Å². The highest BCUT2D eigenvalue weighted by atomic mass is 16.2. The number of imide groups is 1. The third kappa shape index (κ3) is 2.40. The second kappa shape index (κ2) is 5.05. The molecule has 1 unspecified atom stereocenters. The van der Waals surface area contributed by atoms with Gasteiger partial charge in [-0.25, -0.2) is 0 Å². The van der Waals surface area contributed by atoms with E-state index in [1.54, 1.807) is 11.6 Å². The number of fused-ring (bicyclic) bond motifs is 1. The SMILES string of the molecule is Cn1c(=O)cc(NC2CCC(=O)NC2=O)c2ccccc21. The molecule has 6 nitrogen and oxygen atoms in total. The molecular weight excluding hydrogens is 270 g/mol. The van der Waals surface area contributed by atoms with Crippen LogP contribution in [0.1, 0.15) is 12.8 Å². The van der Waals surface area contributed by atoms with Gasteiger partial charge in [-0.3, -0.25) is 19.7 Å². The first-order valence-electron chi connectivity index (χ1n) is 6.75. The molecule has 0 radical (unpaired) electrons. The Morgan fingerprint density at radius 1 is 1.24 bits per heavy atom. The molecule has 3 rings (SSSR count). The molecule has 2 amide bonds. The molecule has 0 aliphatic carbocycles. The average molecular weight is 285 g/mol. The van der Waals surface area contributed by atoms with Crippen molar-refractivity contribution in [2.75, 3.05) is 5.32 Å². The van der Waals surface area contributed by atoms with Crippen molar-refractivity contribution in [1.82, 2.24) is 9.88 Å². The standard InChI is InChI=1S/C15H15N3O3/c1-18-12-5-3-2-4-9(12)11(8-14(18)20)16-10-6-7-13(19)17-15(10)21/h2-5,8,10,16H,6-7H2,1H3,(H,17,19,21). The van der Waals surface area contributed by atoms with Crippen LogP contribution in [0.25, 0.3) is 10.9 Å². The van der Waals surface area contributed by atoms with Crippen molar-refractivity contribution >= 4 is 28.4 Å².